The van der Waals surface area contributed by atoms with Gasteiger partial charge in [0.05, 0.1) is 4.92 Å². The van der Waals surface area contributed by atoms with Crippen molar-refractivity contribution in [1.29, 1.82) is 0 Å². The van der Waals surface area contributed by atoms with Gasteiger partial charge in [-0.1, -0.05) is 17.7 Å². The van der Waals surface area contributed by atoms with Gasteiger partial charge in [0.1, 0.15) is 0 Å². The number of carbonyl (C=O) groups excluding carboxylic acids is 1. The molecule has 0 atom stereocenters. The van der Waals surface area contributed by atoms with Crippen molar-refractivity contribution in [3.8, 4) is 0 Å². The summed E-state index contributed by atoms with van der Waals surface area (Å²) in [6, 6.07) is 13.3. The Balaban J connectivity index is 1.98. The molecule has 0 aliphatic carbocycles. The van der Waals surface area contributed by atoms with E-state index in [1.807, 2.05) is 31.2 Å². The van der Waals surface area contributed by atoms with E-state index in [4.69, 9.17) is 0 Å². The molecule has 0 unspecified atom stereocenters. The minimum absolute atomic E-state index is 0.0340. The number of nitro groups is 1. The highest BCUT2D eigenvalue weighted by Crippen LogP contribution is 2.13. The van der Waals surface area contributed by atoms with Crippen LogP contribution in [0, 0.1) is 17.0 Å². The SMILES string of the molecule is Cc1ccc(N/C=C/C(=O)c2ccc([N+](=O)[O-])cc2)cc1. The van der Waals surface area contributed by atoms with Gasteiger partial charge < -0.3 is 5.32 Å². The number of allylic oxidation sites excluding steroid dienone is 1. The van der Waals surface area contributed by atoms with Crippen LogP contribution in [0.15, 0.2) is 60.8 Å². The first-order valence-electron chi connectivity index (χ1n) is 6.35. The van der Waals surface area contributed by atoms with Crippen molar-refractivity contribution < 1.29 is 9.72 Å². The van der Waals surface area contributed by atoms with E-state index in [9.17, 15) is 14.9 Å². The third kappa shape index (κ3) is 4.01. The number of non-ortho nitro benzene ring substituents is 1. The molecule has 0 amide bonds. The molecule has 0 fully saturated rings. The van der Waals surface area contributed by atoms with Crippen molar-refractivity contribution in [3.05, 3.63) is 82.0 Å². The molecule has 2 aromatic carbocycles. The minimum atomic E-state index is -0.497. The average Bonchev–Trinajstić information content (AvgIpc) is 2.49. The number of benzene rings is 2. The average molecular weight is 282 g/mol. The zero-order chi connectivity index (χ0) is 15.2. The lowest BCUT2D eigenvalue weighted by atomic mass is 10.1. The highest BCUT2D eigenvalue weighted by molar-refractivity contribution is 6.04. The number of nitro benzene ring substituents is 1. The molecule has 0 bridgehead atoms. The van der Waals surface area contributed by atoms with Crippen LogP contribution >= 0.6 is 0 Å². The number of anilines is 1. The monoisotopic (exact) mass is 282 g/mol. The summed E-state index contributed by atoms with van der Waals surface area (Å²) in [5.41, 5.74) is 2.41. The van der Waals surface area contributed by atoms with Crippen LogP contribution in [-0.4, -0.2) is 10.7 Å². The van der Waals surface area contributed by atoms with Crippen molar-refractivity contribution in [2.75, 3.05) is 5.32 Å². The highest BCUT2D eigenvalue weighted by Gasteiger charge is 2.06. The molecule has 0 saturated heterocycles. The van der Waals surface area contributed by atoms with Gasteiger partial charge in [0.2, 0.25) is 0 Å². The van der Waals surface area contributed by atoms with E-state index in [1.54, 1.807) is 6.20 Å². The molecule has 0 spiro atoms. The van der Waals surface area contributed by atoms with Crippen LogP contribution in [0.2, 0.25) is 0 Å². The standard InChI is InChI=1S/C16H14N2O3/c1-12-2-6-14(7-3-12)17-11-10-16(19)13-4-8-15(9-5-13)18(20)21/h2-11,17H,1H3/b11-10+. The summed E-state index contributed by atoms with van der Waals surface area (Å²) in [4.78, 5) is 21.9. The molecular formula is C16H14N2O3. The molecule has 21 heavy (non-hydrogen) atoms. The summed E-state index contributed by atoms with van der Waals surface area (Å²) < 4.78 is 0. The summed E-state index contributed by atoms with van der Waals surface area (Å²) in [5, 5.41) is 13.5. The predicted octanol–water partition coefficient (Wildman–Crippen LogP) is 3.71. The molecule has 5 nitrogen and oxygen atoms in total. The topological polar surface area (TPSA) is 72.2 Å². The molecule has 0 aliphatic rings. The number of hydrogen-bond donors (Lipinski definition) is 1. The van der Waals surface area contributed by atoms with Crippen LogP contribution in [0.25, 0.3) is 0 Å². The van der Waals surface area contributed by atoms with E-state index in [2.05, 4.69) is 5.32 Å². The summed E-state index contributed by atoms with van der Waals surface area (Å²) in [5.74, 6) is -0.218. The van der Waals surface area contributed by atoms with Gasteiger partial charge in [-0.25, -0.2) is 0 Å². The molecule has 0 heterocycles. The Hall–Kier alpha value is -2.95. The molecule has 0 aromatic heterocycles. The van der Waals surface area contributed by atoms with Gasteiger partial charge in [-0.05, 0) is 31.2 Å². The molecule has 1 N–H and O–H groups in total. The van der Waals surface area contributed by atoms with Gasteiger partial charge >= 0.3 is 0 Å². The van der Waals surface area contributed by atoms with Crippen LogP contribution in [-0.2, 0) is 0 Å². The van der Waals surface area contributed by atoms with Gasteiger partial charge in [-0.2, -0.15) is 0 Å². The fourth-order valence-corrected chi connectivity index (χ4v) is 1.71. The van der Waals surface area contributed by atoms with Crippen molar-refractivity contribution in [2.24, 2.45) is 0 Å². The highest BCUT2D eigenvalue weighted by atomic mass is 16.6. The lowest BCUT2D eigenvalue weighted by molar-refractivity contribution is -0.384. The molecule has 2 aromatic rings. The number of ketones is 1. The molecule has 5 heteroatoms. The zero-order valence-corrected chi connectivity index (χ0v) is 11.4. The minimum Gasteiger partial charge on any atom is -0.362 e. The van der Waals surface area contributed by atoms with Crippen LogP contribution in [0.3, 0.4) is 0 Å². The number of rotatable bonds is 5. The fraction of sp³-hybridized carbons (Fsp3) is 0.0625. The first-order valence-corrected chi connectivity index (χ1v) is 6.35. The Bertz CT molecular complexity index is 674. The van der Waals surface area contributed by atoms with E-state index in [1.165, 1.54) is 30.3 Å². The van der Waals surface area contributed by atoms with E-state index in [-0.39, 0.29) is 11.5 Å². The molecular weight excluding hydrogens is 268 g/mol. The van der Waals surface area contributed by atoms with Gasteiger partial charge in [0.15, 0.2) is 5.78 Å². The Morgan fingerprint density at radius 2 is 1.71 bits per heavy atom. The van der Waals surface area contributed by atoms with E-state index in [0.29, 0.717) is 5.56 Å². The van der Waals surface area contributed by atoms with E-state index < -0.39 is 4.92 Å². The van der Waals surface area contributed by atoms with E-state index >= 15 is 0 Å². The van der Waals surface area contributed by atoms with Crippen molar-refractivity contribution in [2.45, 2.75) is 6.92 Å². The van der Waals surface area contributed by atoms with Gasteiger partial charge in [0, 0.05) is 35.7 Å². The zero-order valence-electron chi connectivity index (χ0n) is 11.4. The number of nitrogens with one attached hydrogen (secondary N) is 1. The lowest BCUT2D eigenvalue weighted by Gasteiger charge is -2.00. The van der Waals surface area contributed by atoms with Crippen LogP contribution in [0.1, 0.15) is 15.9 Å². The second-order valence-corrected chi connectivity index (χ2v) is 4.51. The number of nitrogens with zero attached hydrogens (tertiary/aromatic N) is 1. The summed E-state index contributed by atoms with van der Waals surface area (Å²) in [6.07, 6.45) is 2.94. The smallest absolute Gasteiger partial charge is 0.269 e. The van der Waals surface area contributed by atoms with Crippen molar-refractivity contribution in [3.63, 3.8) is 0 Å². The van der Waals surface area contributed by atoms with Crippen LogP contribution < -0.4 is 5.32 Å². The Kier molecular flexibility index (Phi) is 4.46. The number of carbonyl (C=O) groups is 1. The van der Waals surface area contributed by atoms with Gasteiger partial charge in [-0.3, -0.25) is 14.9 Å². The Morgan fingerprint density at radius 1 is 1.10 bits per heavy atom. The fourth-order valence-electron chi connectivity index (χ4n) is 1.71. The number of aryl methyl sites for hydroxylation is 1. The second-order valence-electron chi connectivity index (χ2n) is 4.51. The Morgan fingerprint density at radius 3 is 2.29 bits per heavy atom. The maximum atomic E-state index is 11.9. The second kappa shape index (κ2) is 6.47. The molecule has 0 aliphatic heterocycles. The first kappa shape index (κ1) is 14.5. The summed E-state index contributed by atoms with van der Waals surface area (Å²) in [6.45, 7) is 2.00. The lowest BCUT2D eigenvalue weighted by Crippen LogP contribution is -1.97. The van der Waals surface area contributed by atoms with Crippen LogP contribution in [0.5, 0.6) is 0 Å². The summed E-state index contributed by atoms with van der Waals surface area (Å²) >= 11 is 0. The molecule has 2 rings (SSSR count). The first-order chi connectivity index (χ1) is 10.1. The molecule has 0 radical (unpaired) electrons. The van der Waals surface area contributed by atoms with Crippen LogP contribution in [0.4, 0.5) is 11.4 Å². The largest absolute Gasteiger partial charge is 0.362 e. The maximum absolute atomic E-state index is 11.9. The molecule has 106 valence electrons. The van der Waals surface area contributed by atoms with E-state index in [0.717, 1.165) is 11.3 Å². The molecule has 0 saturated carbocycles. The normalized spacial score (nSPS) is 10.5. The van der Waals surface area contributed by atoms with Crippen molar-refractivity contribution in [1.82, 2.24) is 0 Å². The Labute approximate surface area is 122 Å². The maximum Gasteiger partial charge on any atom is 0.269 e. The predicted molar refractivity (Wildman–Crippen MR) is 81.4 cm³/mol. The quantitative estimate of drug-likeness (QED) is 0.392. The van der Waals surface area contributed by atoms with Gasteiger partial charge in [-0.15, -0.1) is 0 Å². The third-order valence-electron chi connectivity index (χ3n) is 2.90. The van der Waals surface area contributed by atoms with Crippen molar-refractivity contribution >= 4 is 17.2 Å². The number of hydrogen-bond acceptors (Lipinski definition) is 4. The third-order valence-corrected chi connectivity index (χ3v) is 2.90. The summed E-state index contributed by atoms with van der Waals surface area (Å²) in [7, 11) is 0. The van der Waals surface area contributed by atoms with Gasteiger partial charge in [0.25, 0.3) is 5.69 Å².